The van der Waals surface area contributed by atoms with Crippen molar-refractivity contribution in [2.75, 3.05) is 6.61 Å². The summed E-state index contributed by atoms with van der Waals surface area (Å²) in [6.45, 7) is 3.97. The lowest BCUT2D eigenvalue weighted by atomic mass is 10.0. The number of nitrogens with zero attached hydrogens (tertiary/aromatic N) is 2. The van der Waals surface area contributed by atoms with Crippen LogP contribution in [0, 0.1) is 17.4 Å². The number of nitrogens with two attached hydrogens (primary N) is 1. The van der Waals surface area contributed by atoms with Gasteiger partial charge in [0.25, 0.3) is 5.91 Å². The molecule has 2 aliphatic heterocycles. The molecular formula is C19H17N3O2. The van der Waals surface area contributed by atoms with Gasteiger partial charge in [0.15, 0.2) is 0 Å². The van der Waals surface area contributed by atoms with E-state index in [4.69, 9.17) is 10.7 Å². The molecule has 5 heteroatoms. The molecule has 3 N–H and O–H groups in total. The second-order valence-corrected chi connectivity index (χ2v) is 6.14. The first kappa shape index (κ1) is 14.8. The number of carbonyl (C=O) groups excluding carboxylic acids is 1. The zero-order chi connectivity index (χ0) is 17.0. The van der Waals surface area contributed by atoms with E-state index in [2.05, 4.69) is 4.99 Å². The first-order chi connectivity index (χ1) is 11.5. The predicted molar refractivity (Wildman–Crippen MR) is 91.9 cm³/mol. The molecule has 5 nitrogen and oxygen atoms in total. The van der Waals surface area contributed by atoms with E-state index in [-0.39, 0.29) is 6.61 Å². The van der Waals surface area contributed by atoms with Gasteiger partial charge in [0.05, 0.1) is 16.7 Å². The van der Waals surface area contributed by atoms with E-state index in [1.807, 2.05) is 38.1 Å². The first-order valence-corrected chi connectivity index (χ1v) is 7.88. The van der Waals surface area contributed by atoms with E-state index in [0.29, 0.717) is 12.1 Å². The lowest BCUT2D eigenvalue weighted by molar-refractivity contribution is -0.111. The molecule has 0 atom stereocenters. The smallest absolute Gasteiger partial charge is 0.267 e. The Morgan fingerprint density at radius 2 is 2.00 bits per heavy atom. The maximum atomic E-state index is 11.6. The average molecular weight is 319 g/mol. The number of hydrogen-bond donors (Lipinski definition) is 2. The number of aliphatic hydroxyl groups excluding tert-OH is 1. The Morgan fingerprint density at radius 1 is 1.21 bits per heavy atom. The molecule has 2 aromatic carbocycles. The number of aliphatic imine (C=N–C) groups is 1. The number of para-hydroxylation sites is 1. The lowest BCUT2D eigenvalue weighted by Gasteiger charge is -2.02. The summed E-state index contributed by atoms with van der Waals surface area (Å²) in [7, 11) is 0. The highest BCUT2D eigenvalue weighted by Crippen LogP contribution is 2.28. The molecule has 0 aromatic heterocycles. The van der Waals surface area contributed by atoms with Gasteiger partial charge in [-0.15, -0.1) is 0 Å². The first-order valence-electron chi connectivity index (χ1n) is 7.88. The molecule has 0 aliphatic carbocycles. The van der Waals surface area contributed by atoms with Crippen molar-refractivity contribution in [1.82, 2.24) is 0 Å². The van der Waals surface area contributed by atoms with Crippen LogP contribution in [0.3, 0.4) is 0 Å². The van der Waals surface area contributed by atoms with Gasteiger partial charge >= 0.3 is 0 Å². The van der Waals surface area contributed by atoms with Crippen LogP contribution in [0.25, 0.3) is 5.57 Å². The molecule has 2 aliphatic rings. The molecule has 0 radical (unpaired) electrons. The molecule has 24 heavy (non-hydrogen) atoms. The molecule has 4 rings (SSSR count). The maximum absolute atomic E-state index is 11.6. The van der Waals surface area contributed by atoms with Gasteiger partial charge in [-0.3, -0.25) is 4.79 Å². The summed E-state index contributed by atoms with van der Waals surface area (Å²) < 4.78 is 0. The minimum absolute atomic E-state index is 0.0942. The zero-order valence-corrected chi connectivity index (χ0v) is 13.6. The number of benzene rings is 2. The summed E-state index contributed by atoms with van der Waals surface area (Å²) in [5.74, 6) is -0.508. The number of carbonyl (C=O) groups is 1. The van der Waals surface area contributed by atoms with Gasteiger partial charge in [-0.2, -0.15) is 0 Å². The van der Waals surface area contributed by atoms with Gasteiger partial charge in [-0.05, 0) is 43.0 Å². The third kappa shape index (κ3) is 1.88. The average Bonchev–Trinajstić information content (AvgIpc) is 3.08. The zero-order valence-electron chi connectivity index (χ0n) is 13.6. The van der Waals surface area contributed by atoms with Crippen LogP contribution in [0.1, 0.15) is 18.1 Å². The molecule has 0 bridgehead atoms. The van der Waals surface area contributed by atoms with E-state index in [0.717, 1.165) is 49.1 Å². The van der Waals surface area contributed by atoms with Crippen LogP contribution in [0.5, 0.6) is 0 Å². The van der Waals surface area contributed by atoms with Gasteiger partial charge in [0.1, 0.15) is 5.71 Å². The topological polar surface area (TPSA) is 88.0 Å². The summed E-state index contributed by atoms with van der Waals surface area (Å²) in [5, 5.41) is 13.2. The lowest BCUT2D eigenvalue weighted by Crippen LogP contribution is -2.24. The molecule has 1 amide bonds. The molecule has 2 heterocycles. The Bertz CT molecular complexity index is 1160. The molecule has 2 aromatic rings. The van der Waals surface area contributed by atoms with Gasteiger partial charge < -0.3 is 10.8 Å². The summed E-state index contributed by atoms with van der Waals surface area (Å²) in [5.41, 5.74) is 10.3. The summed E-state index contributed by atoms with van der Waals surface area (Å²) in [4.78, 5) is 20.8. The van der Waals surface area contributed by atoms with Gasteiger partial charge in [0.2, 0.25) is 0 Å². The van der Waals surface area contributed by atoms with Crippen LogP contribution in [0.4, 0.5) is 11.4 Å². The van der Waals surface area contributed by atoms with Crippen molar-refractivity contribution in [2.45, 2.75) is 20.3 Å². The number of fused-ring (bicyclic) bond motifs is 3. The van der Waals surface area contributed by atoms with Crippen LogP contribution < -0.4 is 16.3 Å². The Balaban J connectivity index is 2.13. The van der Waals surface area contributed by atoms with Crippen molar-refractivity contribution in [3.8, 4) is 0 Å². The Labute approximate surface area is 138 Å². The summed E-state index contributed by atoms with van der Waals surface area (Å²) in [6.07, 6.45) is 0.578. The number of amides is 1. The van der Waals surface area contributed by atoms with Crippen molar-refractivity contribution in [3.05, 3.63) is 56.4 Å². The van der Waals surface area contributed by atoms with E-state index in [1.165, 1.54) is 0 Å². The fourth-order valence-electron chi connectivity index (χ4n) is 3.64. The maximum Gasteiger partial charge on any atom is 0.267 e. The van der Waals surface area contributed by atoms with Gasteiger partial charge in [0, 0.05) is 22.3 Å². The third-order valence-corrected chi connectivity index (χ3v) is 4.73. The van der Waals surface area contributed by atoms with E-state index in [9.17, 15) is 9.90 Å². The summed E-state index contributed by atoms with van der Waals surface area (Å²) >= 11 is 0. The molecule has 0 spiro atoms. The fraction of sp³-hybridized carbons (Fsp3) is 0.211. The van der Waals surface area contributed by atoms with Gasteiger partial charge in [-0.25, -0.2) is 9.98 Å². The van der Waals surface area contributed by atoms with Crippen molar-refractivity contribution >= 4 is 28.6 Å². The Hall–Kier alpha value is -2.79. The summed E-state index contributed by atoms with van der Waals surface area (Å²) in [6, 6.07) is 7.98. The van der Waals surface area contributed by atoms with Crippen molar-refractivity contribution in [1.29, 1.82) is 0 Å². The Morgan fingerprint density at radius 3 is 2.71 bits per heavy atom. The van der Waals surface area contributed by atoms with Crippen molar-refractivity contribution < 1.29 is 9.90 Å². The second kappa shape index (κ2) is 5.11. The number of hydrogen-bond acceptors (Lipinski definition) is 4. The standard InChI is InChI=1S/C19H17N3O2/c1-9-15-10(2)17(19(20)24)21-14(15)8-13-12-5-3-4-11(6-7-23)18(12)22-16(9)13/h3-5,8,23H,6-7H2,1-2H3,(H2,20,24). The molecule has 120 valence electrons. The highest BCUT2D eigenvalue weighted by Gasteiger charge is 2.22. The number of primary amides is 1. The van der Waals surface area contributed by atoms with Crippen LogP contribution in [-0.2, 0) is 11.2 Å². The van der Waals surface area contributed by atoms with E-state index < -0.39 is 5.91 Å². The van der Waals surface area contributed by atoms with Crippen molar-refractivity contribution in [2.24, 2.45) is 15.7 Å². The molecule has 0 unspecified atom stereocenters. The molecular weight excluding hydrogens is 302 g/mol. The van der Waals surface area contributed by atoms with Crippen LogP contribution in [0.15, 0.2) is 34.3 Å². The monoisotopic (exact) mass is 319 g/mol. The largest absolute Gasteiger partial charge is 0.396 e. The number of aliphatic hydroxyl groups is 1. The molecule has 0 saturated carbocycles. The SMILES string of the molecule is CC1=c2c(cc3c(c2C)N=c2c(CCO)cccc2=3)N=C1C(N)=O. The third-order valence-electron chi connectivity index (χ3n) is 4.73. The van der Waals surface area contributed by atoms with Crippen molar-refractivity contribution in [3.63, 3.8) is 0 Å². The Kier molecular flexibility index (Phi) is 3.15. The second-order valence-electron chi connectivity index (χ2n) is 6.14. The fourth-order valence-corrected chi connectivity index (χ4v) is 3.64. The minimum Gasteiger partial charge on any atom is -0.396 e. The van der Waals surface area contributed by atoms with E-state index >= 15 is 0 Å². The highest BCUT2D eigenvalue weighted by atomic mass is 16.3. The minimum atomic E-state index is -0.508. The quantitative estimate of drug-likeness (QED) is 0.749. The number of rotatable bonds is 3. The van der Waals surface area contributed by atoms with Crippen LogP contribution in [0.2, 0.25) is 0 Å². The molecule has 0 fully saturated rings. The van der Waals surface area contributed by atoms with Crippen LogP contribution >= 0.6 is 0 Å². The highest BCUT2D eigenvalue weighted by molar-refractivity contribution is 6.54. The van der Waals surface area contributed by atoms with Gasteiger partial charge in [-0.1, -0.05) is 18.2 Å². The van der Waals surface area contributed by atoms with E-state index in [1.54, 1.807) is 0 Å². The predicted octanol–water partition coefficient (Wildman–Crippen LogP) is 0.824. The molecule has 0 saturated heterocycles. The van der Waals surface area contributed by atoms with Crippen LogP contribution in [-0.4, -0.2) is 23.3 Å². The normalized spacial score (nSPS) is 14.0.